The van der Waals surface area contributed by atoms with Crippen LogP contribution in [0.3, 0.4) is 0 Å². The van der Waals surface area contributed by atoms with E-state index in [1.807, 2.05) is 23.5 Å². The Morgan fingerprint density at radius 3 is 1.68 bits per heavy atom. The van der Waals surface area contributed by atoms with Crippen LogP contribution in [0.4, 0.5) is 0 Å². The molecule has 0 saturated carbocycles. The first kappa shape index (κ1) is 16.1. The summed E-state index contributed by atoms with van der Waals surface area (Å²) in [6.07, 6.45) is 0. The lowest BCUT2D eigenvalue weighted by Gasteiger charge is -2.08. The van der Waals surface area contributed by atoms with Crippen LogP contribution in [0.1, 0.15) is 39.1 Å². The van der Waals surface area contributed by atoms with Crippen LogP contribution in [0.25, 0.3) is 0 Å². The van der Waals surface area contributed by atoms with E-state index >= 15 is 0 Å². The summed E-state index contributed by atoms with van der Waals surface area (Å²) in [6, 6.07) is 7.06. The van der Waals surface area contributed by atoms with E-state index < -0.39 is 0 Å². The predicted octanol–water partition coefficient (Wildman–Crippen LogP) is 4.12. The van der Waals surface area contributed by atoms with Crippen LogP contribution >= 0.6 is 23.5 Å². The lowest BCUT2D eigenvalue weighted by Crippen LogP contribution is -2.12. The van der Waals surface area contributed by atoms with E-state index in [4.69, 9.17) is 15.0 Å². The van der Waals surface area contributed by atoms with Crippen LogP contribution in [-0.2, 0) is 0 Å². The first-order chi connectivity index (χ1) is 10.5. The van der Waals surface area contributed by atoms with E-state index in [1.165, 1.54) is 0 Å². The highest BCUT2D eigenvalue weighted by Crippen LogP contribution is 2.29. The maximum Gasteiger partial charge on any atom is 0.117 e. The second-order valence-electron chi connectivity index (χ2n) is 6.52. The standard InChI is InChI=1S/C17H23N3S2/c1-10(2)14-8-21-16(19-14)12-6-5-7-13(18-12)17-20-15(9-22-17)11(3)4/h5-7,10-11,14-15H,8-9H2,1-4H3/t14-,15-/m0/s1. The van der Waals surface area contributed by atoms with Gasteiger partial charge in [0.2, 0.25) is 0 Å². The SMILES string of the molecule is CC(C)[C@@H]1CSC(c2cccc(C3=N[C@H](C(C)C)CS3)n2)=N1. The maximum atomic E-state index is 4.84. The third kappa shape index (κ3) is 3.40. The van der Waals surface area contributed by atoms with Crippen molar-refractivity contribution in [3.63, 3.8) is 0 Å². The summed E-state index contributed by atoms with van der Waals surface area (Å²) in [4.78, 5) is 14.5. The fourth-order valence-corrected chi connectivity index (χ4v) is 4.93. The number of hydrogen-bond donors (Lipinski definition) is 0. The van der Waals surface area contributed by atoms with E-state index in [-0.39, 0.29) is 0 Å². The number of pyridine rings is 1. The molecule has 0 fully saturated rings. The number of thioether (sulfide) groups is 2. The number of nitrogens with zero attached hydrogens (tertiary/aromatic N) is 3. The van der Waals surface area contributed by atoms with Crippen molar-refractivity contribution in [1.82, 2.24) is 4.98 Å². The molecule has 22 heavy (non-hydrogen) atoms. The van der Waals surface area contributed by atoms with Crippen LogP contribution in [0.2, 0.25) is 0 Å². The summed E-state index contributed by atoms with van der Waals surface area (Å²) in [7, 11) is 0. The lowest BCUT2D eigenvalue weighted by molar-refractivity contribution is 0.543. The van der Waals surface area contributed by atoms with Gasteiger partial charge in [-0.3, -0.25) is 9.98 Å². The van der Waals surface area contributed by atoms with Crippen LogP contribution in [0.15, 0.2) is 28.2 Å². The average Bonchev–Trinajstić information content (AvgIpc) is 3.17. The first-order valence-electron chi connectivity index (χ1n) is 7.93. The number of hydrogen-bond acceptors (Lipinski definition) is 5. The third-order valence-electron chi connectivity index (χ3n) is 4.07. The van der Waals surface area contributed by atoms with E-state index in [1.54, 1.807) is 0 Å². The van der Waals surface area contributed by atoms with E-state index in [2.05, 4.69) is 45.9 Å². The molecular weight excluding hydrogens is 310 g/mol. The molecule has 0 amide bonds. The third-order valence-corrected chi connectivity index (χ3v) is 6.27. The van der Waals surface area contributed by atoms with Gasteiger partial charge in [-0.25, -0.2) is 4.98 Å². The molecule has 1 aromatic rings. The molecule has 0 bridgehead atoms. The lowest BCUT2D eigenvalue weighted by atomic mass is 10.1. The Labute approximate surface area is 141 Å². The summed E-state index contributed by atoms with van der Waals surface area (Å²) < 4.78 is 0. The second kappa shape index (κ2) is 6.75. The zero-order chi connectivity index (χ0) is 15.7. The average molecular weight is 334 g/mol. The fourth-order valence-electron chi connectivity index (χ4n) is 2.42. The highest BCUT2D eigenvalue weighted by atomic mass is 32.2. The Balaban J connectivity index is 1.82. The molecule has 3 rings (SSSR count). The minimum absolute atomic E-state index is 0.425. The molecule has 0 radical (unpaired) electrons. The normalized spacial score (nSPS) is 25.0. The van der Waals surface area contributed by atoms with Crippen molar-refractivity contribution >= 4 is 33.6 Å². The molecule has 0 aliphatic carbocycles. The maximum absolute atomic E-state index is 4.84. The summed E-state index contributed by atoms with van der Waals surface area (Å²) >= 11 is 3.66. The quantitative estimate of drug-likeness (QED) is 0.832. The first-order valence-corrected chi connectivity index (χ1v) is 9.90. The van der Waals surface area contributed by atoms with Gasteiger partial charge in [0.05, 0.1) is 23.5 Å². The van der Waals surface area contributed by atoms with Crippen molar-refractivity contribution in [3.8, 4) is 0 Å². The smallest absolute Gasteiger partial charge is 0.117 e. The second-order valence-corrected chi connectivity index (χ2v) is 8.54. The van der Waals surface area contributed by atoms with Gasteiger partial charge in [-0.1, -0.05) is 33.8 Å². The summed E-state index contributed by atoms with van der Waals surface area (Å²) in [6.45, 7) is 8.93. The van der Waals surface area contributed by atoms with Crippen molar-refractivity contribution in [2.45, 2.75) is 39.8 Å². The minimum atomic E-state index is 0.425. The highest BCUT2D eigenvalue weighted by molar-refractivity contribution is 8.15. The van der Waals surface area contributed by atoms with Crippen molar-refractivity contribution in [3.05, 3.63) is 29.6 Å². The molecule has 3 heterocycles. The van der Waals surface area contributed by atoms with Crippen LogP contribution in [0, 0.1) is 11.8 Å². The van der Waals surface area contributed by atoms with Gasteiger partial charge in [-0.2, -0.15) is 0 Å². The molecule has 2 atom stereocenters. The van der Waals surface area contributed by atoms with Crippen LogP contribution < -0.4 is 0 Å². The van der Waals surface area contributed by atoms with E-state index in [0.717, 1.165) is 33.0 Å². The zero-order valence-corrected chi connectivity index (χ0v) is 15.2. The Morgan fingerprint density at radius 1 is 0.864 bits per heavy atom. The minimum Gasteiger partial charge on any atom is -0.272 e. The molecule has 0 aromatic carbocycles. The summed E-state index contributed by atoms with van der Waals surface area (Å²) in [5.74, 6) is 3.33. The Kier molecular flexibility index (Phi) is 4.93. The number of aliphatic imine (C=N–C) groups is 2. The largest absolute Gasteiger partial charge is 0.272 e. The van der Waals surface area contributed by atoms with Crippen LogP contribution in [0.5, 0.6) is 0 Å². The molecule has 0 saturated heterocycles. The van der Waals surface area contributed by atoms with Crippen molar-refractivity contribution in [2.24, 2.45) is 21.8 Å². The highest BCUT2D eigenvalue weighted by Gasteiger charge is 2.25. The van der Waals surface area contributed by atoms with Crippen molar-refractivity contribution < 1.29 is 0 Å². The molecular formula is C17H23N3S2. The van der Waals surface area contributed by atoms with Gasteiger partial charge in [0.15, 0.2) is 0 Å². The Hall–Kier alpha value is -0.810. The van der Waals surface area contributed by atoms with Gasteiger partial charge in [-0.15, -0.1) is 23.5 Å². The van der Waals surface area contributed by atoms with Crippen molar-refractivity contribution in [2.75, 3.05) is 11.5 Å². The topological polar surface area (TPSA) is 37.6 Å². The van der Waals surface area contributed by atoms with Crippen LogP contribution in [-0.4, -0.2) is 38.7 Å². The summed E-state index contributed by atoms with van der Waals surface area (Å²) in [5, 5.41) is 2.18. The predicted molar refractivity (Wildman–Crippen MR) is 99.5 cm³/mol. The molecule has 3 nitrogen and oxygen atoms in total. The Bertz CT molecular complexity index is 558. The number of aromatic nitrogens is 1. The van der Waals surface area contributed by atoms with Gasteiger partial charge in [0, 0.05) is 11.5 Å². The molecule has 1 aromatic heterocycles. The molecule has 118 valence electrons. The van der Waals surface area contributed by atoms with Gasteiger partial charge in [0.25, 0.3) is 0 Å². The van der Waals surface area contributed by atoms with E-state index in [0.29, 0.717) is 23.9 Å². The molecule has 0 N–H and O–H groups in total. The van der Waals surface area contributed by atoms with Gasteiger partial charge >= 0.3 is 0 Å². The molecule has 5 heteroatoms. The van der Waals surface area contributed by atoms with Gasteiger partial charge in [-0.05, 0) is 24.0 Å². The molecule has 0 unspecified atom stereocenters. The monoisotopic (exact) mass is 333 g/mol. The summed E-state index contributed by atoms with van der Waals surface area (Å²) in [5.41, 5.74) is 2.00. The molecule has 0 spiro atoms. The van der Waals surface area contributed by atoms with Gasteiger partial charge in [0.1, 0.15) is 10.1 Å². The van der Waals surface area contributed by atoms with Gasteiger partial charge < -0.3 is 0 Å². The van der Waals surface area contributed by atoms with E-state index in [9.17, 15) is 0 Å². The zero-order valence-electron chi connectivity index (χ0n) is 13.6. The fraction of sp³-hybridized carbons (Fsp3) is 0.588. The number of rotatable bonds is 4. The molecule has 2 aliphatic heterocycles. The molecule has 2 aliphatic rings. The van der Waals surface area contributed by atoms with Crippen molar-refractivity contribution in [1.29, 1.82) is 0 Å². The Morgan fingerprint density at radius 2 is 1.32 bits per heavy atom.